The third-order valence-corrected chi connectivity index (χ3v) is 9.05. The number of aryl methyl sites for hydroxylation is 2. The zero-order chi connectivity index (χ0) is 31.8. The first-order valence-electron chi connectivity index (χ1n) is 19.2. The smallest absolute Gasteiger partial charge is 0.508 e. The van der Waals surface area contributed by atoms with Gasteiger partial charge in [-0.1, -0.05) is 198 Å². The molecule has 0 amide bonds. The van der Waals surface area contributed by atoms with Gasteiger partial charge in [-0.3, -0.25) is 0 Å². The van der Waals surface area contributed by atoms with Gasteiger partial charge >= 0.3 is 26.2 Å². The van der Waals surface area contributed by atoms with Crippen molar-refractivity contribution in [2.45, 2.75) is 194 Å². The maximum Gasteiger partial charge on any atom is 2.00 e. The normalized spacial score (nSPS) is 10.3. The van der Waals surface area contributed by atoms with Crippen LogP contribution in [0.3, 0.4) is 0 Å². The molecule has 2 N–H and O–H groups in total. The number of phenolic OH excluding ortho intramolecular Hbond substituents is 2. The molecule has 0 bridgehead atoms. The second kappa shape index (κ2) is 39.4. The molecule has 0 atom stereocenters. The number of unbranched alkanes of at least 4 members (excludes halogenated alkanes) is 24. The molecule has 0 radical (unpaired) electrons. The third-order valence-electron chi connectivity index (χ3n) is 9.05. The summed E-state index contributed by atoms with van der Waals surface area (Å²) >= 11 is 0. The van der Waals surface area contributed by atoms with E-state index in [-0.39, 0.29) is 41.1 Å². The number of hydrogen-bond donors (Lipinski definition) is 2. The van der Waals surface area contributed by atoms with Crippen LogP contribution in [0.4, 0.5) is 0 Å². The largest absolute Gasteiger partial charge is 2.00 e. The SMILES string of the molecule is CCCCCCCCCCCCCCCc1ccc(O)cc1.CCCCCCCCCCCCCCCc1ccccc1O.[CH3-].[CH3-].[Zr+2]. The number of rotatable bonds is 28. The Morgan fingerprint density at radius 3 is 1.06 bits per heavy atom. The van der Waals surface area contributed by atoms with Crippen LogP contribution in [0.1, 0.15) is 192 Å². The summed E-state index contributed by atoms with van der Waals surface area (Å²) in [6, 6.07) is 15.4. The van der Waals surface area contributed by atoms with Crippen molar-refractivity contribution in [3.8, 4) is 11.5 Å². The average Bonchev–Trinajstić information content (AvgIpc) is 3.04. The zero-order valence-electron chi connectivity index (χ0n) is 31.8. The number of aromatic hydroxyl groups is 2. The third kappa shape index (κ3) is 33.2. The Bertz CT molecular complexity index is 850. The molecule has 0 aromatic heterocycles. The van der Waals surface area contributed by atoms with Gasteiger partial charge in [0, 0.05) is 0 Å². The summed E-state index contributed by atoms with van der Waals surface area (Å²) in [6.45, 7) is 4.56. The van der Waals surface area contributed by atoms with Crippen LogP contribution in [0.5, 0.6) is 11.5 Å². The number of para-hydroxylation sites is 1. The summed E-state index contributed by atoms with van der Waals surface area (Å²) in [4.78, 5) is 0. The Hall–Kier alpha value is -1.08. The topological polar surface area (TPSA) is 40.5 Å². The average molecular weight is 730 g/mol. The monoisotopic (exact) mass is 729 g/mol. The van der Waals surface area contributed by atoms with Gasteiger partial charge in [-0.05, 0) is 55.0 Å². The molecular weight excluding hydrogens is 652 g/mol. The van der Waals surface area contributed by atoms with E-state index in [1.807, 2.05) is 30.3 Å². The van der Waals surface area contributed by atoms with Crippen molar-refractivity contribution in [2.24, 2.45) is 0 Å². The minimum absolute atomic E-state index is 0. The summed E-state index contributed by atoms with van der Waals surface area (Å²) in [6.07, 6.45) is 38.5. The van der Waals surface area contributed by atoms with Crippen LogP contribution in [0.25, 0.3) is 0 Å². The van der Waals surface area contributed by atoms with Crippen molar-refractivity contribution in [3.63, 3.8) is 0 Å². The first-order chi connectivity index (χ1) is 21.7. The van der Waals surface area contributed by atoms with Crippen LogP contribution in [0.15, 0.2) is 48.5 Å². The minimum Gasteiger partial charge on any atom is -0.508 e. The van der Waals surface area contributed by atoms with E-state index in [0.29, 0.717) is 11.5 Å². The standard InChI is InChI=1S/2C21H36O.2CH3.Zr/c1-2-3-4-5-6-7-8-9-10-11-12-13-14-17-20-18-15-16-19-21(20)22;1-2-3-4-5-6-7-8-9-10-11-12-13-14-15-20-16-18-21(22)19-17-20;;;/h15-16,18-19,22H,2-14,17H2,1H3;16-19,22H,2-15H2,1H3;2*1H3;/q;;2*-1;+2. The van der Waals surface area contributed by atoms with E-state index in [9.17, 15) is 10.2 Å². The van der Waals surface area contributed by atoms with Crippen LogP contribution >= 0.6 is 0 Å². The summed E-state index contributed by atoms with van der Waals surface area (Å²) in [5, 5.41) is 18.9. The van der Waals surface area contributed by atoms with Crippen molar-refractivity contribution in [1.29, 1.82) is 0 Å². The van der Waals surface area contributed by atoms with Crippen LogP contribution in [0, 0.1) is 14.9 Å². The van der Waals surface area contributed by atoms with Gasteiger partial charge in [-0.15, -0.1) is 0 Å². The molecule has 270 valence electrons. The van der Waals surface area contributed by atoms with Crippen LogP contribution < -0.4 is 0 Å². The molecule has 0 heterocycles. The molecule has 0 spiro atoms. The van der Waals surface area contributed by atoms with Crippen LogP contribution in [-0.2, 0) is 39.0 Å². The Labute approximate surface area is 314 Å². The van der Waals surface area contributed by atoms with Crippen molar-refractivity contribution >= 4 is 0 Å². The molecule has 0 aliphatic heterocycles. The van der Waals surface area contributed by atoms with E-state index >= 15 is 0 Å². The number of hydrogen-bond acceptors (Lipinski definition) is 2. The van der Waals surface area contributed by atoms with Gasteiger partial charge in [0.15, 0.2) is 0 Å². The molecule has 2 aromatic rings. The van der Waals surface area contributed by atoms with E-state index in [1.165, 1.54) is 173 Å². The Kier molecular flexibility index (Phi) is 42.1. The molecule has 47 heavy (non-hydrogen) atoms. The number of phenols is 2. The second-order valence-corrected chi connectivity index (χ2v) is 13.3. The zero-order valence-corrected chi connectivity index (χ0v) is 34.3. The molecule has 2 nitrogen and oxygen atoms in total. The van der Waals surface area contributed by atoms with Gasteiger partial charge in [-0.2, -0.15) is 0 Å². The van der Waals surface area contributed by atoms with Crippen molar-refractivity contribution in [3.05, 3.63) is 74.5 Å². The maximum atomic E-state index is 9.70. The van der Waals surface area contributed by atoms with Gasteiger partial charge in [0.05, 0.1) is 0 Å². The van der Waals surface area contributed by atoms with E-state index in [4.69, 9.17) is 0 Å². The van der Waals surface area contributed by atoms with E-state index in [2.05, 4.69) is 13.8 Å². The first-order valence-corrected chi connectivity index (χ1v) is 19.2. The van der Waals surface area contributed by atoms with Gasteiger partial charge < -0.3 is 25.1 Å². The van der Waals surface area contributed by atoms with E-state index in [0.717, 1.165) is 18.4 Å². The van der Waals surface area contributed by atoms with E-state index < -0.39 is 0 Å². The van der Waals surface area contributed by atoms with Crippen LogP contribution in [-0.4, -0.2) is 10.2 Å². The molecule has 0 saturated carbocycles. The Morgan fingerprint density at radius 1 is 0.383 bits per heavy atom. The van der Waals surface area contributed by atoms with Crippen molar-refractivity contribution in [2.75, 3.05) is 0 Å². The van der Waals surface area contributed by atoms with Crippen molar-refractivity contribution < 1.29 is 36.4 Å². The quantitative estimate of drug-likeness (QED) is 0.0676. The van der Waals surface area contributed by atoms with Crippen molar-refractivity contribution in [1.82, 2.24) is 0 Å². The van der Waals surface area contributed by atoms with Crippen LogP contribution in [0.2, 0.25) is 0 Å². The van der Waals surface area contributed by atoms with Gasteiger partial charge in [0.2, 0.25) is 0 Å². The molecule has 0 aliphatic rings. The fourth-order valence-corrected chi connectivity index (χ4v) is 6.06. The fourth-order valence-electron chi connectivity index (χ4n) is 6.06. The molecule has 0 unspecified atom stereocenters. The summed E-state index contributed by atoms with van der Waals surface area (Å²) in [7, 11) is 0. The van der Waals surface area contributed by atoms with Gasteiger partial charge in [-0.25, -0.2) is 0 Å². The Morgan fingerprint density at radius 2 is 0.702 bits per heavy atom. The summed E-state index contributed by atoms with van der Waals surface area (Å²) < 4.78 is 0. The molecular formula is C44H78O2Zr. The molecule has 3 heteroatoms. The van der Waals surface area contributed by atoms with Gasteiger partial charge in [0.1, 0.15) is 11.5 Å². The second-order valence-electron chi connectivity index (χ2n) is 13.3. The fraction of sp³-hybridized carbons (Fsp3) is 0.682. The summed E-state index contributed by atoms with van der Waals surface area (Å²) in [5.74, 6) is 0.829. The van der Waals surface area contributed by atoms with E-state index in [1.54, 1.807) is 18.2 Å². The summed E-state index contributed by atoms with van der Waals surface area (Å²) in [5.41, 5.74) is 2.45. The minimum atomic E-state index is 0. The molecule has 2 aromatic carbocycles. The first kappa shape index (κ1) is 50.3. The molecule has 0 fully saturated rings. The predicted octanol–water partition coefficient (Wildman–Crippen LogP) is 14.9. The number of benzene rings is 2. The predicted molar refractivity (Wildman–Crippen MR) is 208 cm³/mol. The molecule has 0 aliphatic carbocycles. The Balaban J connectivity index is -0.000000774. The van der Waals surface area contributed by atoms with Gasteiger partial charge in [0.25, 0.3) is 0 Å². The maximum absolute atomic E-state index is 9.70. The molecule has 0 saturated heterocycles. The molecule has 2 rings (SSSR count).